The van der Waals surface area contributed by atoms with Crippen LogP contribution in [-0.2, 0) is 4.79 Å². The summed E-state index contributed by atoms with van der Waals surface area (Å²) in [5.41, 5.74) is 1.79. The maximum atomic E-state index is 12.1. The molecule has 0 saturated carbocycles. The third kappa shape index (κ3) is 3.94. The molecule has 2 aromatic carbocycles. The van der Waals surface area contributed by atoms with Gasteiger partial charge in [-0.15, -0.1) is 0 Å². The van der Waals surface area contributed by atoms with Crippen molar-refractivity contribution in [2.75, 3.05) is 7.11 Å². The van der Waals surface area contributed by atoms with Crippen molar-refractivity contribution in [3.8, 4) is 5.75 Å². The Labute approximate surface area is 152 Å². The molecular formula is C17H13IN2O2S. The van der Waals surface area contributed by atoms with Gasteiger partial charge in [0.1, 0.15) is 5.75 Å². The van der Waals surface area contributed by atoms with Crippen molar-refractivity contribution in [1.29, 1.82) is 0 Å². The Hall–Kier alpha value is -1.80. The lowest BCUT2D eigenvalue weighted by molar-refractivity contribution is -0.115. The Balaban J connectivity index is 1.81. The summed E-state index contributed by atoms with van der Waals surface area (Å²) in [6.07, 6.45) is 1.89. The second-order valence-electron chi connectivity index (χ2n) is 4.70. The smallest absolute Gasteiger partial charge is 0.264 e. The highest BCUT2D eigenvalue weighted by Crippen LogP contribution is 2.29. The van der Waals surface area contributed by atoms with Crippen LogP contribution in [0.25, 0.3) is 6.08 Å². The van der Waals surface area contributed by atoms with Crippen molar-refractivity contribution >= 4 is 57.2 Å². The molecule has 4 nitrogen and oxygen atoms in total. The van der Waals surface area contributed by atoms with Gasteiger partial charge in [0.25, 0.3) is 5.91 Å². The zero-order valence-corrected chi connectivity index (χ0v) is 15.2. The van der Waals surface area contributed by atoms with Crippen LogP contribution in [0.5, 0.6) is 5.75 Å². The van der Waals surface area contributed by atoms with Crippen LogP contribution in [0.3, 0.4) is 0 Å². The quantitative estimate of drug-likeness (QED) is 0.580. The highest BCUT2D eigenvalue weighted by atomic mass is 127. The number of rotatable bonds is 3. The number of nitrogens with zero attached hydrogens (tertiary/aromatic N) is 1. The molecule has 0 atom stereocenters. The van der Waals surface area contributed by atoms with Crippen molar-refractivity contribution in [2.45, 2.75) is 0 Å². The second kappa shape index (κ2) is 7.18. The van der Waals surface area contributed by atoms with Gasteiger partial charge in [0.2, 0.25) is 0 Å². The lowest BCUT2D eigenvalue weighted by Crippen LogP contribution is -2.19. The molecule has 1 aliphatic heterocycles. The molecule has 0 unspecified atom stereocenters. The number of methoxy groups -OCH3 is 1. The Morgan fingerprint density at radius 3 is 2.61 bits per heavy atom. The largest absolute Gasteiger partial charge is 0.497 e. The van der Waals surface area contributed by atoms with Crippen molar-refractivity contribution in [3.63, 3.8) is 0 Å². The Morgan fingerprint density at radius 2 is 1.91 bits per heavy atom. The number of hydrogen-bond acceptors (Lipinski definition) is 4. The Bertz CT molecular complexity index is 800. The van der Waals surface area contributed by atoms with Crippen molar-refractivity contribution in [1.82, 2.24) is 5.32 Å². The Kier molecular flexibility index (Phi) is 5.02. The van der Waals surface area contributed by atoms with Gasteiger partial charge >= 0.3 is 0 Å². The first kappa shape index (κ1) is 16.1. The third-order valence-electron chi connectivity index (χ3n) is 3.15. The van der Waals surface area contributed by atoms with E-state index in [1.807, 2.05) is 54.6 Å². The monoisotopic (exact) mass is 436 g/mol. The molecule has 2 aromatic rings. The van der Waals surface area contributed by atoms with Crippen LogP contribution in [0, 0.1) is 3.57 Å². The van der Waals surface area contributed by atoms with Crippen molar-refractivity contribution < 1.29 is 9.53 Å². The van der Waals surface area contributed by atoms with Crippen LogP contribution in [0.4, 0.5) is 5.69 Å². The first-order valence-corrected chi connectivity index (χ1v) is 8.73. The van der Waals surface area contributed by atoms with Gasteiger partial charge in [-0.05, 0) is 76.3 Å². The van der Waals surface area contributed by atoms with E-state index >= 15 is 0 Å². The lowest BCUT2D eigenvalue weighted by atomic mass is 10.2. The summed E-state index contributed by atoms with van der Waals surface area (Å²) in [5, 5.41) is 3.37. The van der Waals surface area contributed by atoms with E-state index in [9.17, 15) is 4.79 Å². The predicted octanol–water partition coefficient (Wildman–Crippen LogP) is 4.19. The zero-order valence-electron chi connectivity index (χ0n) is 12.2. The molecular weight excluding hydrogens is 423 g/mol. The zero-order chi connectivity index (χ0) is 16.2. The van der Waals surface area contributed by atoms with E-state index in [1.54, 1.807) is 7.11 Å². The van der Waals surface area contributed by atoms with Gasteiger partial charge in [-0.1, -0.05) is 18.2 Å². The van der Waals surface area contributed by atoms with Gasteiger partial charge < -0.3 is 10.1 Å². The van der Waals surface area contributed by atoms with E-state index in [4.69, 9.17) is 4.74 Å². The summed E-state index contributed by atoms with van der Waals surface area (Å²) in [6, 6.07) is 15.3. The van der Waals surface area contributed by atoms with Crippen LogP contribution in [0.2, 0.25) is 0 Å². The van der Waals surface area contributed by atoms with Crippen molar-refractivity contribution in [2.24, 2.45) is 4.99 Å². The number of amides is 1. The highest BCUT2D eigenvalue weighted by molar-refractivity contribution is 14.1. The van der Waals surface area contributed by atoms with E-state index in [-0.39, 0.29) is 5.91 Å². The van der Waals surface area contributed by atoms with Crippen LogP contribution in [0.1, 0.15) is 5.56 Å². The summed E-state index contributed by atoms with van der Waals surface area (Å²) < 4.78 is 6.22. The molecule has 1 saturated heterocycles. The summed E-state index contributed by atoms with van der Waals surface area (Å²) >= 11 is 3.60. The van der Waals surface area contributed by atoms with E-state index in [0.717, 1.165) is 20.6 Å². The maximum Gasteiger partial charge on any atom is 0.264 e. The van der Waals surface area contributed by atoms with E-state index in [0.29, 0.717) is 10.1 Å². The first-order valence-electron chi connectivity index (χ1n) is 6.84. The number of halogens is 1. The fourth-order valence-corrected chi connectivity index (χ4v) is 3.36. The average molecular weight is 436 g/mol. The van der Waals surface area contributed by atoms with Crippen LogP contribution >= 0.6 is 34.4 Å². The number of hydrogen-bond donors (Lipinski definition) is 1. The molecule has 6 heteroatoms. The number of carbonyl (C=O) groups excluding carboxylic acids is 1. The fraction of sp³-hybridized carbons (Fsp3) is 0.0588. The second-order valence-corrected chi connectivity index (χ2v) is 6.89. The minimum atomic E-state index is -0.123. The van der Waals surface area contributed by atoms with Gasteiger partial charge in [-0.25, -0.2) is 4.99 Å². The standard InChI is InChI=1S/C17H13IN2O2S/c1-22-13-8-6-12(7-9-13)19-17-20-16(21)15(23-17)10-11-4-2-3-5-14(11)18/h2-10H,1H3,(H,19,20,21)/b15-10-. The minimum Gasteiger partial charge on any atom is -0.497 e. The molecule has 0 radical (unpaired) electrons. The molecule has 23 heavy (non-hydrogen) atoms. The number of amidine groups is 1. The van der Waals surface area contributed by atoms with Gasteiger partial charge in [-0.2, -0.15) is 0 Å². The van der Waals surface area contributed by atoms with E-state index in [1.165, 1.54) is 11.8 Å². The lowest BCUT2D eigenvalue weighted by Gasteiger charge is -2.00. The highest BCUT2D eigenvalue weighted by Gasteiger charge is 2.23. The topological polar surface area (TPSA) is 50.7 Å². The molecule has 1 N–H and O–H groups in total. The van der Waals surface area contributed by atoms with E-state index in [2.05, 4.69) is 32.9 Å². The van der Waals surface area contributed by atoms with E-state index < -0.39 is 0 Å². The number of carbonyl (C=O) groups is 1. The number of benzene rings is 2. The summed E-state index contributed by atoms with van der Waals surface area (Å²) in [6.45, 7) is 0. The van der Waals surface area contributed by atoms with Gasteiger partial charge in [0, 0.05) is 3.57 Å². The molecule has 3 rings (SSSR count). The molecule has 1 aliphatic rings. The van der Waals surface area contributed by atoms with Gasteiger partial charge in [0.15, 0.2) is 5.17 Å². The van der Waals surface area contributed by atoms with Gasteiger partial charge in [-0.3, -0.25) is 4.79 Å². The molecule has 0 aliphatic carbocycles. The molecule has 116 valence electrons. The normalized spacial score (nSPS) is 17.6. The molecule has 0 bridgehead atoms. The predicted molar refractivity (Wildman–Crippen MR) is 103 cm³/mol. The Morgan fingerprint density at radius 1 is 1.17 bits per heavy atom. The average Bonchev–Trinajstić information content (AvgIpc) is 2.90. The summed E-state index contributed by atoms with van der Waals surface area (Å²) in [7, 11) is 1.62. The number of ether oxygens (including phenoxy) is 1. The minimum absolute atomic E-state index is 0.123. The first-order chi connectivity index (χ1) is 11.2. The number of thioether (sulfide) groups is 1. The molecule has 1 amide bonds. The molecule has 0 spiro atoms. The molecule has 0 aromatic heterocycles. The number of nitrogens with one attached hydrogen (secondary N) is 1. The molecule has 1 heterocycles. The fourth-order valence-electron chi connectivity index (χ4n) is 1.99. The maximum absolute atomic E-state index is 12.1. The van der Waals surface area contributed by atoms with Crippen LogP contribution in [-0.4, -0.2) is 18.2 Å². The summed E-state index contributed by atoms with van der Waals surface area (Å²) in [5.74, 6) is 0.651. The summed E-state index contributed by atoms with van der Waals surface area (Å²) in [4.78, 5) is 17.2. The van der Waals surface area contributed by atoms with Crippen LogP contribution < -0.4 is 10.1 Å². The van der Waals surface area contributed by atoms with Gasteiger partial charge in [0.05, 0.1) is 17.7 Å². The van der Waals surface area contributed by atoms with Crippen LogP contribution in [0.15, 0.2) is 58.4 Å². The third-order valence-corrected chi connectivity index (χ3v) is 5.04. The van der Waals surface area contributed by atoms with Crippen molar-refractivity contribution in [3.05, 3.63) is 62.6 Å². The SMILES string of the molecule is COc1ccc(N=C2NC(=O)/C(=C/c3ccccc3I)S2)cc1. The molecule has 1 fully saturated rings. The number of aliphatic imine (C=N–C) groups is 1.